The van der Waals surface area contributed by atoms with Crippen molar-refractivity contribution >= 4 is 29.0 Å². The van der Waals surface area contributed by atoms with Gasteiger partial charge in [0.05, 0.1) is 17.1 Å². The molecule has 0 spiro atoms. The lowest BCUT2D eigenvalue weighted by atomic mass is 9.92. The van der Waals surface area contributed by atoms with E-state index in [0.29, 0.717) is 23.9 Å². The lowest BCUT2D eigenvalue weighted by Crippen LogP contribution is -2.39. The Morgan fingerprint density at radius 3 is 2.75 bits per heavy atom. The standard InChI is InChI=1S/C14H11N3O3/c18-7-11-15-10-4-2-1-3-8(10)13(16-11)9-5-6-12(19)17-14(9)20/h1-4,7,9H,5-6H2,(H,17,19,20). The summed E-state index contributed by atoms with van der Waals surface area (Å²) in [6.07, 6.45) is 1.22. The van der Waals surface area contributed by atoms with Crippen LogP contribution in [0.3, 0.4) is 0 Å². The number of para-hydroxylation sites is 1. The zero-order chi connectivity index (χ0) is 14.1. The molecule has 1 aliphatic rings. The lowest BCUT2D eigenvalue weighted by Gasteiger charge is -2.21. The highest BCUT2D eigenvalue weighted by Crippen LogP contribution is 2.28. The number of imide groups is 1. The maximum absolute atomic E-state index is 12.0. The molecule has 6 heteroatoms. The van der Waals surface area contributed by atoms with Crippen molar-refractivity contribution in [1.82, 2.24) is 15.3 Å². The van der Waals surface area contributed by atoms with Crippen LogP contribution in [-0.4, -0.2) is 28.1 Å². The SMILES string of the molecule is O=Cc1nc(C2CCC(=O)NC2=O)c2ccccc2n1. The molecule has 1 saturated heterocycles. The van der Waals surface area contributed by atoms with E-state index in [0.717, 1.165) is 5.39 Å². The van der Waals surface area contributed by atoms with E-state index in [-0.39, 0.29) is 24.1 Å². The van der Waals surface area contributed by atoms with Gasteiger partial charge in [0.25, 0.3) is 0 Å². The first kappa shape index (κ1) is 12.4. The summed E-state index contributed by atoms with van der Waals surface area (Å²) in [5.74, 6) is -1.13. The molecule has 0 saturated carbocycles. The van der Waals surface area contributed by atoms with Crippen LogP contribution in [0.5, 0.6) is 0 Å². The first-order valence-corrected chi connectivity index (χ1v) is 6.24. The van der Waals surface area contributed by atoms with E-state index in [4.69, 9.17) is 0 Å². The average Bonchev–Trinajstić information content (AvgIpc) is 2.46. The van der Waals surface area contributed by atoms with Crippen molar-refractivity contribution in [2.75, 3.05) is 0 Å². The number of fused-ring (bicyclic) bond motifs is 1. The van der Waals surface area contributed by atoms with Crippen LogP contribution in [0, 0.1) is 0 Å². The fraction of sp³-hybridized carbons (Fsp3) is 0.214. The molecule has 1 atom stereocenters. The molecule has 0 radical (unpaired) electrons. The van der Waals surface area contributed by atoms with Gasteiger partial charge in [-0.2, -0.15) is 0 Å². The number of carbonyl (C=O) groups is 3. The number of nitrogens with one attached hydrogen (secondary N) is 1. The topological polar surface area (TPSA) is 89.0 Å². The predicted octanol–water partition coefficient (Wildman–Crippen LogP) is 0.962. The van der Waals surface area contributed by atoms with Gasteiger partial charge in [-0.3, -0.25) is 19.7 Å². The molecule has 100 valence electrons. The molecular weight excluding hydrogens is 258 g/mol. The minimum Gasteiger partial charge on any atom is -0.296 e. The molecule has 20 heavy (non-hydrogen) atoms. The maximum Gasteiger partial charge on any atom is 0.235 e. The molecule has 0 bridgehead atoms. The van der Waals surface area contributed by atoms with Crippen LogP contribution in [-0.2, 0) is 9.59 Å². The summed E-state index contributed by atoms with van der Waals surface area (Å²) >= 11 is 0. The van der Waals surface area contributed by atoms with E-state index in [1.54, 1.807) is 12.1 Å². The first-order chi connectivity index (χ1) is 9.69. The minimum absolute atomic E-state index is 0.0448. The monoisotopic (exact) mass is 269 g/mol. The fourth-order valence-electron chi connectivity index (χ4n) is 2.39. The van der Waals surface area contributed by atoms with Gasteiger partial charge in [0.1, 0.15) is 0 Å². The van der Waals surface area contributed by atoms with E-state index in [9.17, 15) is 14.4 Å². The zero-order valence-electron chi connectivity index (χ0n) is 10.5. The predicted molar refractivity (Wildman–Crippen MR) is 70.1 cm³/mol. The summed E-state index contributed by atoms with van der Waals surface area (Å²) in [6, 6.07) is 7.20. The summed E-state index contributed by atoms with van der Waals surface area (Å²) in [4.78, 5) is 42.4. The Bertz CT molecular complexity index is 727. The van der Waals surface area contributed by atoms with Crippen molar-refractivity contribution in [3.05, 3.63) is 35.8 Å². The number of aromatic nitrogens is 2. The molecule has 6 nitrogen and oxygen atoms in total. The van der Waals surface area contributed by atoms with E-state index in [2.05, 4.69) is 15.3 Å². The van der Waals surface area contributed by atoms with Crippen LogP contribution < -0.4 is 5.32 Å². The van der Waals surface area contributed by atoms with Crippen molar-refractivity contribution < 1.29 is 14.4 Å². The molecule has 1 fully saturated rings. The van der Waals surface area contributed by atoms with Crippen LogP contribution in [0.4, 0.5) is 0 Å². The number of hydrogen-bond acceptors (Lipinski definition) is 5. The second kappa shape index (κ2) is 4.80. The number of benzene rings is 1. The van der Waals surface area contributed by atoms with Gasteiger partial charge in [0.15, 0.2) is 12.1 Å². The van der Waals surface area contributed by atoms with Gasteiger partial charge >= 0.3 is 0 Å². The van der Waals surface area contributed by atoms with E-state index >= 15 is 0 Å². The Morgan fingerprint density at radius 2 is 2.00 bits per heavy atom. The highest BCUT2D eigenvalue weighted by Gasteiger charge is 2.30. The first-order valence-electron chi connectivity index (χ1n) is 6.24. The third-order valence-corrected chi connectivity index (χ3v) is 3.32. The second-order valence-electron chi connectivity index (χ2n) is 4.61. The third kappa shape index (κ3) is 2.05. The second-order valence-corrected chi connectivity index (χ2v) is 4.61. The normalized spacial score (nSPS) is 18.9. The summed E-state index contributed by atoms with van der Waals surface area (Å²) in [5.41, 5.74) is 1.12. The Hall–Kier alpha value is -2.63. The number of hydrogen-bond donors (Lipinski definition) is 1. The summed E-state index contributed by atoms with van der Waals surface area (Å²) in [7, 11) is 0. The highest BCUT2D eigenvalue weighted by atomic mass is 16.2. The van der Waals surface area contributed by atoms with Crippen LogP contribution in [0.1, 0.15) is 35.1 Å². The number of carbonyl (C=O) groups excluding carboxylic acids is 3. The Labute approximate surface area is 114 Å². The molecule has 1 aliphatic heterocycles. The molecule has 1 aromatic heterocycles. The lowest BCUT2D eigenvalue weighted by molar-refractivity contribution is -0.134. The molecule has 1 unspecified atom stereocenters. The quantitative estimate of drug-likeness (QED) is 0.648. The molecule has 1 aromatic carbocycles. The van der Waals surface area contributed by atoms with Gasteiger partial charge in [-0.05, 0) is 12.5 Å². The van der Waals surface area contributed by atoms with Crippen LogP contribution in [0.15, 0.2) is 24.3 Å². The molecule has 2 amide bonds. The van der Waals surface area contributed by atoms with Crippen molar-refractivity contribution in [3.8, 4) is 0 Å². The van der Waals surface area contributed by atoms with Gasteiger partial charge in [-0.25, -0.2) is 9.97 Å². The fourth-order valence-corrected chi connectivity index (χ4v) is 2.39. The van der Waals surface area contributed by atoms with Crippen molar-refractivity contribution in [2.45, 2.75) is 18.8 Å². The number of rotatable bonds is 2. The van der Waals surface area contributed by atoms with Crippen molar-refractivity contribution in [1.29, 1.82) is 0 Å². The molecule has 1 N–H and O–H groups in total. The van der Waals surface area contributed by atoms with Crippen LogP contribution >= 0.6 is 0 Å². The van der Waals surface area contributed by atoms with Gasteiger partial charge in [-0.15, -0.1) is 0 Å². The van der Waals surface area contributed by atoms with E-state index in [1.807, 2.05) is 12.1 Å². The van der Waals surface area contributed by atoms with Crippen LogP contribution in [0.25, 0.3) is 10.9 Å². The smallest absolute Gasteiger partial charge is 0.235 e. The highest BCUT2D eigenvalue weighted by molar-refractivity contribution is 6.02. The molecule has 3 rings (SSSR count). The molecule has 2 heterocycles. The number of aldehydes is 1. The van der Waals surface area contributed by atoms with E-state index < -0.39 is 5.92 Å². The number of nitrogens with zero attached hydrogens (tertiary/aromatic N) is 2. The summed E-state index contributed by atoms with van der Waals surface area (Å²) < 4.78 is 0. The third-order valence-electron chi connectivity index (χ3n) is 3.32. The Kier molecular flexibility index (Phi) is 2.98. The number of amides is 2. The zero-order valence-corrected chi connectivity index (χ0v) is 10.5. The van der Waals surface area contributed by atoms with Crippen molar-refractivity contribution in [2.24, 2.45) is 0 Å². The Balaban J connectivity index is 2.16. The van der Waals surface area contributed by atoms with Crippen molar-refractivity contribution in [3.63, 3.8) is 0 Å². The largest absolute Gasteiger partial charge is 0.296 e. The van der Waals surface area contributed by atoms with Crippen LogP contribution in [0.2, 0.25) is 0 Å². The molecule has 0 aliphatic carbocycles. The minimum atomic E-state index is -0.528. The molecular formula is C14H11N3O3. The molecule has 2 aromatic rings. The van der Waals surface area contributed by atoms with Gasteiger partial charge in [0.2, 0.25) is 11.8 Å². The Morgan fingerprint density at radius 1 is 1.20 bits per heavy atom. The van der Waals surface area contributed by atoms with Gasteiger partial charge in [0, 0.05) is 11.8 Å². The number of piperidine rings is 1. The van der Waals surface area contributed by atoms with Gasteiger partial charge < -0.3 is 0 Å². The summed E-state index contributed by atoms with van der Waals surface area (Å²) in [5, 5.41) is 3.03. The van der Waals surface area contributed by atoms with E-state index in [1.165, 1.54) is 0 Å². The maximum atomic E-state index is 12.0. The van der Waals surface area contributed by atoms with Gasteiger partial charge in [-0.1, -0.05) is 18.2 Å². The summed E-state index contributed by atoms with van der Waals surface area (Å²) in [6.45, 7) is 0. The average molecular weight is 269 g/mol.